The van der Waals surface area contributed by atoms with Gasteiger partial charge in [-0.05, 0) is 110 Å². The molecular weight excluding hydrogens is 747 g/mol. The van der Waals surface area contributed by atoms with Crippen LogP contribution in [0.25, 0.3) is 0 Å². The summed E-state index contributed by atoms with van der Waals surface area (Å²) in [5.74, 6) is 0.367. The average molecular weight is 784 g/mol. The molecule has 6 aromatic rings. The molecule has 0 aliphatic heterocycles. The Balaban J connectivity index is 1.07. The van der Waals surface area contributed by atoms with Crippen LogP contribution in [0.1, 0.15) is 11.1 Å². The predicted molar refractivity (Wildman–Crippen MR) is 221 cm³/mol. The third-order valence-electron chi connectivity index (χ3n) is 8.27. The lowest BCUT2D eigenvalue weighted by Crippen LogP contribution is -2.21. The maximum absolute atomic E-state index is 13.7. The largest absolute Gasteiger partial charge is 0.417 e. The molecular formula is C42H37N7O7S. The van der Waals surface area contributed by atoms with Crippen LogP contribution in [-0.4, -0.2) is 32.6 Å². The number of anilines is 7. The van der Waals surface area contributed by atoms with Crippen molar-refractivity contribution in [2.45, 2.75) is 23.6 Å². The molecule has 0 aliphatic carbocycles. The Bertz CT molecular complexity index is 2380. The molecule has 6 rings (SSSR count). The van der Waals surface area contributed by atoms with E-state index in [2.05, 4.69) is 37.2 Å². The Kier molecular flexibility index (Phi) is 12.1. The van der Waals surface area contributed by atoms with Crippen LogP contribution in [0, 0.1) is 13.8 Å². The van der Waals surface area contributed by atoms with Gasteiger partial charge < -0.3 is 36.6 Å². The minimum atomic E-state index is -4.11. The summed E-state index contributed by atoms with van der Waals surface area (Å²) in [6, 6.07) is 37.2. The summed E-state index contributed by atoms with van der Waals surface area (Å²) in [4.78, 5) is 50.7. The van der Waals surface area contributed by atoms with Crippen molar-refractivity contribution in [3.8, 4) is 5.75 Å². The summed E-state index contributed by atoms with van der Waals surface area (Å²) >= 11 is 0. The number of carbonyl (C=O) groups excluding carboxylic acids is 4. The smallest absolute Gasteiger partial charge is 0.410 e. The van der Waals surface area contributed by atoms with Gasteiger partial charge in [0.2, 0.25) is 9.84 Å². The highest BCUT2D eigenvalue weighted by molar-refractivity contribution is 7.91. The van der Waals surface area contributed by atoms with Gasteiger partial charge in [0.1, 0.15) is 5.75 Å². The van der Waals surface area contributed by atoms with Crippen LogP contribution >= 0.6 is 0 Å². The number of rotatable bonds is 10. The van der Waals surface area contributed by atoms with E-state index in [0.29, 0.717) is 39.7 Å². The van der Waals surface area contributed by atoms with Gasteiger partial charge in [-0.25, -0.2) is 27.6 Å². The zero-order valence-electron chi connectivity index (χ0n) is 30.6. The molecule has 0 aliphatic rings. The summed E-state index contributed by atoms with van der Waals surface area (Å²) in [5.41, 5.74) is 4.08. The van der Waals surface area contributed by atoms with E-state index in [9.17, 15) is 27.6 Å². The Labute approximate surface area is 328 Å². The normalized spacial score (nSPS) is 10.7. The SMILES string of the molecule is Cc1ccc(NC(=O)Nc2ccccc2)cc1NC(=O)Nc1cccc(S(=O)(=O)c2cccc(NC(=O)Nc3cc(NC(=O)Oc4ccccc4)ccc3C)c2)c1. The van der Waals surface area contributed by atoms with Crippen molar-refractivity contribution in [2.24, 2.45) is 0 Å². The monoisotopic (exact) mass is 783 g/mol. The number of amides is 7. The lowest BCUT2D eigenvalue weighted by molar-refractivity contribution is 0.215. The highest BCUT2D eigenvalue weighted by Gasteiger charge is 2.20. The van der Waals surface area contributed by atoms with E-state index < -0.39 is 34.0 Å². The van der Waals surface area contributed by atoms with Crippen LogP contribution in [0.15, 0.2) is 155 Å². The van der Waals surface area contributed by atoms with Crippen LogP contribution in [-0.2, 0) is 9.84 Å². The van der Waals surface area contributed by atoms with Crippen molar-refractivity contribution in [3.05, 3.63) is 157 Å². The number of hydrogen-bond acceptors (Lipinski definition) is 7. The molecule has 0 unspecified atom stereocenters. The van der Waals surface area contributed by atoms with E-state index in [0.717, 1.165) is 5.56 Å². The Morgan fingerprint density at radius 1 is 0.421 bits per heavy atom. The first-order valence-corrected chi connectivity index (χ1v) is 18.9. The fourth-order valence-corrected chi connectivity index (χ4v) is 6.76. The first-order chi connectivity index (χ1) is 27.4. The van der Waals surface area contributed by atoms with E-state index in [1.807, 2.05) is 6.07 Å². The molecule has 0 heterocycles. The molecule has 0 saturated heterocycles. The van der Waals surface area contributed by atoms with Crippen molar-refractivity contribution in [2.75, 3.05) is 37.2 Å². The first kappa shape index (κ1) is 39.1. The third kappa shape index (κ3) is 10.7. The van der Waals surface area contributed by atoms with Crippen LogP contribution in [0.2, 0.25) is 0 Å². The van der Waals surface area contributed by atoms with E-state index in [1.165, 1.54) is 42.5 Å². The molecule has 14 nitrogen and oxygen atoms in total. The third-order valence-corrected chi connectivity index (χ3v) is 10.0. The van der Waals surface area contributed by atoms with Gasteiger partial charge in [-0.1, -0.05) is 60.7 Å². The van der Waals surface area contributed by atoms with Crippen molar-refractivity contribution >= 4 is 73.8 Å². The predicted octanol–water partition coefficient (Wildman–Crippen LogP) is 9.68. The second kappa shape index (κ2) is 17.7. The first-order valence-electron chi connectivity index (χ1n) is 17.4. The quantitative estimate of drug-likeness (QED) is 0.0718. The van der Waals surface area contributed by atoms with Gasteiger partial charge in [0.25, 0.3) is 0 Å². The number of urea groups is 3. The van der Waals surface area contributed by atoms with E-state index in [4.69, 9.17) is 4.74 Å². The van der Waals surface area contributed by atoms with Gasteiger partial charge in [-0.15, -0.1) is 0 Å². The standard InChI is InChI=1S/C42H37N7O7S/c1-27-19-21-32(46-39(50)43-29-11-5-3-6-12-29)25-37(27)48-40(51)44-30-13-9-17-35(23-30)57(54,55)36-18-10-14-31(24-36)45-41(52)49-38-26-33(22-20-28(38)2)47-42(53)56-34-15-7-4-8-16-34/h3-26H,1-2H3,(H,47,53)(H2,43,46,50)(H2,44,48,51)(H2,45,49,52). The highest BCUT2D eigenvalue weighted by Crippen LogP contribution is 2.27. The number of nitrogens with one attached hydrogen (secondary N) is 7. The topological polar surface area (TPSA) is 196 Å². The van der Waals surface area contributed by atoms with Crippen molar-refractivity contribution in [3.63, 3.8) is 0 Å². The number of sulfone groups is 1. The molecule has 0 aromatic heterocycles. The van der Waals surface area contributed by atoms with Gasteiger partial charge >= 0.3 is 24.2 Å². The molecule has 0 spiro atoms. The van der Waals surface area contributed by atoms with Crippen LogP contribution in [0.4, 0.5) is 59.0 Å². The fraction of sp³-hybridized carbons (Fsp3) is 0.0476. The van der Waals surface area contributed by atoms with Crippen molar-refractivity contribution in [1.29, 1.82) is 0 Å². The zero-order valence-corrected chi connectivity index (χ0v) is 31.4. The van der Waals surface area contributed by atoms with Crippen molar-refractivity contribution < 1.29 is 32.3 Å². The van der Waals surface area contributed by atoms with Gasteiger partial charge in [-0.2, -0.15) is 0 Å². The Morgan fingerprint density at radius 3 is 1.33 bits per heavy atom. The number of ether oxygens (including phenoxy) is 1. The molecule has 0 bridgehead atoms. The lowest BCUT2D eigenvalue weighted by atomic mass is 10.2. The van der Waals surface area contributed by atoms with E-state index >= 15 is 0 Å². The van der Waals surface area contributed by atoms with Crippen LogP contribution < -0.4 is 42.0 Å². The second-order valence-electron chi connectivity index (χ2n) is 12.5. The van der Waals surface area contributed by atoms with Crippen LogP contribution in [0.5, 0.6) is 5.75 Å². The number of para-hydroxylation sites is 2. The Morgan fingerprint density at radius 2 is 0.825 bits per heavy atom. The highest BCUT2D eigenvalue weighted by atomic mass is 32.2. The second-order valence-corrected chi connectivity index (χ2v) is 14.5. The Hall–Kier alpha value is -7.65. The molecule has 7 N–H and O–H groups in total. The van der Waals surface area contributed by atoms with Gasteiger partial charge in [0.05, 0.1) is 9.79 Å². The average Bonchev–Trinajstić information content (AvgIpc) is 3.18. The van der Waals surface area contributed by atoms with E-state index in [-0.39, 0.29) is 21.2 Å². The molecule has 57 heavy (non-hydrogen) atoms. The number of aryl methyl sites for hydroxylation is 2. The van der Waals surface area contributed by atoms with E-state index in [1.54, 1.807) is 111 Å². The molecule has 0 fully saturated rings. The maximum atomic E-state index is 13.7. The molecule has 0 saturated carbocycles. The molecule has 6 aromatic carbocycles. The molecule has 288 valence electrons. The number of carbonyl (C=O) groups is 4. The summed E-state index contributed by atoms with van der Waals surface area (Å²) in [5, 5.41) is 18.8. The lowest BCUT2D eigenvalue weighted by Gasteiger charge is -2.14. The van der Waals surface area contributed by atoms with Gasteiger partial charge in [-0.3, -0.25) is 5.32 Å². The van der Waals surface area contributed by atoms with Gasteiger partial charge in [0.15, 0.2) is 0 Å². The zero-order chi connectivity index (χ0) is 40.4. The molecule has 15 heteroatoms. The summed E-state index contributed by atoms with van der Waals surface area (Å²) in [6.07, 6.45) is -0.708. The molecule has 7 amide bonds. The maximum Gasteiger partial charge on any atom is 0.417 e. The minimum Gasteiger partial charge on any atom is -0.410 e. The fourth-order valence-electron chi connectivity index (χ4n) is 5.41. The minimum absolute atomic E-state index is 0.0977. The summed E-state index contributed by atoms with van der Waals surface area (Å²) < 4.78 is 32.7. The summed E-state index contributed by atoms with van der Waals surface area (Å²) in [7, 11) is -4.11. The molecule has 0 radical (unpaired) electrons. The number of hydrogen-bond donors (Lipinski definition) is 7. The van der Waals surface area contributed by atoms with Gasteiger partial charge in [0, 0.05) is 39.8 Å². The summed E-state index contributed by atoms with van der Waals surface area (Å²) in [6.45, 7) is 3.56. The number of benzene rings is 6. The van der Waals surface area contributed by atoms with Crippen molar-refractivity contribution in [1.82, 2.24) is 0 Å². The van der Waals surface area contributed by atoms with Crippen LogP contribution in [0.3, 0.4) is 0 Å². The molecule has 0 atom stereocenters.